The van der Waals surface area contributed by atoms with Gasteiger partial charge in [-0.3, -0.25) is 5.32 Å². The standard InChI is InChI=1S/C15H17F2N3O3.ClH/c1-21-11-4-3-9(5-12(11)22-2)6-13-19-14(23-20-13)10-7-15(16,17)8-18-10;/h3-5,10,18H,6-8H2,1-2H3;1H. The van der Waals surface area contributed by atoms with E-state index in [2.05, 4.69) is 15.5 Å². The van der Waals surface area contributed by atoms with Crippen molar-refractivity contribution in [3.63, 3.8) is 0 Å². The normalized spacial score (nSPS) is 18.9. The highest BCUT2D eigenvalue weighted by molar-refractivity contribution is 5.85. The summed E-state index contributed by atoms with van der Waals surface area (Å²) in [7, 11) is 3.12. The first-order valence-corrected chi connectivity index (χ1v) is 7.15. The van der Waals surface area contributed by atoms with Gasteiger partial charge in [0, 0.05) is 12.8 Å². The molecule has 2 aromatic rings. The predicted octanol–water partition coefficient (Wildman–Crippen LogP) is 2.77. The third kappa shape index (κ3) is 3.93. The summed E-state index contributed by atoms with van der Waals surface area (Å²) in [5.74, 6) is -0.877. The molecule has 9 heteroatoms. The maximum atomic E-state index is 13.2. The van der Waals surface area contributed by atoms with Crippen molar-refractivity contribution in [3.05, 3.63) is 35.5 Å². The number of benzene rings is 1. The molecule has 0 radical (unpaired) electrons. The molecule has 24 heavy (non-hydrogen) atoms. The fraction of sp³-hybridized carbons (Fsp3) is 0.467. The monoisotopic (exact) mass is 361 g/mol. The van der Waals surface area contributed by atoms with Gasteiger partial charge in [-0.05, 0) is 17.7 Å². The Kier molecular flexibility index (Phi) is 5.61. The van der Waals surface area contributed by atoms with E-state index in [1.807, 2.05) is 12.1 Å². The molecule has 1 N–H and O–H groups in total. The van der Waals surface area contributed by atoms with Crippen LogP contribution in [0, 0.1) is 0 Å². The number of halogens is 3. The SMILES string of the molecule is COc1ccc(Cc2noc(C3CC(F)(F)CN3)n2)cc1OC.Cl. The van der Waals surface area contributed by atoms with Crippen LogP contribution in [0.1, 0.15) is 29.7 Å². The Morgan fingerprint density at radius 2 is 2.04 bits per heavy atom. The minimum absolute atomic E-state index is 0. The molecule has 1 atom stereocenters. The molecular weight excluding hydrogens is 344 g/mol. The summed E-state index contributed by atoms with van der Waals surface area (Å²) in [6.07, 6.45) is 0.0813. The molecule has 0 aliphatic carbocycles. The minimum atomic E-state index is -2.73. The van der Waals surface area contributed by atoms with Crippen LogP contribution in [0.5, 0.6) is 11.5 Å². The number of methoxy groups -OCH3 is 2. The van der Waals surface area contributed by atoms with E-state index in [0.29, 0.717) is 23.7 Å². The van der Waals surface area contributed by atoms with Crippen molar-refractivity contribution in [2.45, 2.75) is 24.8 Å². The van der Waals surface area contributed by atoms with Crippen LogP contribution >= 0.6 is 12.4 Å². The first kappa shape index (κ1) is 18.4. The lowest BCUT2D eigenvalue weighted by atomic mass is 10.1. The van der Waals surface area contributed by atoms with Gasteiger partial charge >= 0.3 is 0 Å². The second-order valence-electron chi connectivity index (χ2n) is 5.41. The van der Waals surface area contributed by atoms with Gasteiger partial charge in [-0.1, -0.05) is 11.2 Å². The van der Waals surface area contributed by atoms with Crippen molar-refractivity contribution in [1.82, 2.24) is 15.5 Å². The van der Waals surface area contributed by atoms with Gasteiger partial charge in [0.15, 0.2) is 17.3 Å². The van der Waals surface area contributed by atoms with E-state index in [4.69, 9.17) is 14.0 Å². The largest absolute Gasteiger partial charge is 0.493 e. The van der Waals surface area contributed by atoms with Gasteiger partial charge in [-0.25, -0.2) is 8.78 Å². The van der Waals surface area contributed by atoms with E-state index in [0.717, 1.165) is 5.56 Å². The van der Waals surface area contributed by atoms with Crippen molar-refractivity contribution < 1.29 is 22.8 Å². The second-order valence-corrected chi connectivity index (χ2v) is 5.41. The fourth-order valence-electron chi connectivity index (χ4n) is 2.54. The highest BCUT2D eigenvalue weighted by atomic mass is 35.5. The van der Waals surface area contributed by atoms with E-state index in [-0.39, 0.29) is 31.3 Å². The summed E-state index contributed by atoms with van der Waals surface area (Å²) in [4.78, 5) is 4.21. The van der Waals surface area contributed by atoms with Gasteiger partial charge in [0.2, 0.25) is 5.89 Å². The summed E-state index contributed by atoms with van der Waals surface area (Å²) in [5.41, 5.74) is 0.903. The molecule has 0 amide bonds. The quantitative estimate of drug-likeness (QED) is 0.883. The van der Waals surface area contributed by atoms with Gasteiger partial charge < -0.3 is 14.0 Å². The lowest BCUT2D eigenvalue weighted by Gasteiger charge is -2.08. The van der Waals surface area contributed by atoms with Crippen molar-refractivity contribution in [1.29, 1.82) is 0 Å². The Morgan fingerprint density at radius 1 is 1.29 bits per heavy atom. The zero-order chi connectivity index (χ0) is 16.4. The van der Waals surface area contributed by atoms with Crippen molar-refractivity contribution in [2.24, 2.45) is 0 Å². The van der Waals surface area contributed by atoms with Crippen molar-refractivity contribution in [3.8, 4) is 11.5 Å². The minimum Gasteiger partial charge on any atom is -0.493 e. The maximum Gasteiger partial charge on any atom is 0.262 e. The average molecular weight is 362 g/mol. The van der Waals surface area contributed by atoms with E-state index in [9.17, 15) is 8.78 Å². The number of nitrogens with one attached hydrogen (secondary N) is 1. The molecular formula is C15H18ClF2N3O3. The topological polar surface area (TPSA) is 69.4 Å². The molecule has 0 saturated carbocycles. The Morgan fingerprint density at radius 3 is 2.67 bits per heavy atom. The molecule has 1 aliphatic rings. The molecule has 3 rings (SSSR count). The van der Waals surface area contributed by atoms with Gasteiger partial charge in [0.1, 0.15) is 0 Å². The zero-order valence-electron chi connectivity index (χ0n) is 13.2. The molecule has 132 valence electrons. The summed E-state index contributed by atoms with van der Waals surface area (Å²) < 4.78 is 41.9. The first-order valence-electron chi connectivity index (χ1n) is 7.15. The average Bonchev–Trinajstić information content (AvgIpc) is 3.13. The molecule has 0 bridgehead atoms. The van der Waals surface area contributed by atoms with Crippen LogP contribution < -0.4 is 14.8 Å². The third-order valence-corrected chi connectivity index (χ3v) is 3.70. The molecule has 1 aromatic heterocycles. The Bertz CT molecular complexity index is 696. The van der Waals surface area contributed by atoms with Crippen LogP contribution in [0.25, 0.3) is 0 Å². The number of aromatic nitrogens is 2. The van der Waals surface area contributed by atoms with E-state index in [1.54, 1.807) is 20.3 Å². The molecule has 0 spiro atoms. The Hall–Kier alpha value is -1.93. The van der Waals surface area contributed by atoms with E-state index in [1.165, 1.54) is 0 Å². The fourth-order valence-corrected chi connectivity index (χ4v) is 2.54. The smallest absolute Gasteiger partial charge is 0.262 e. The van der Waals surface area contributed by atoms with Crippen molar-refractivity contribution in [2.75, 3.05) is 20.8 Å². The third-order valence-electron chi connectivity index (χ3n) is 3.70. The van der Waals surface area contributed by atoms with Crippen LogP contribution in [-0.4, -0.2) is 36.8 Å². The van der Waals surface area contributed by atoms with Crippen LogP contribution in [-0.2, 0) is 6.42 Å². The molecule has 2 heterocycles. The first-order chi connectivity index (χ1) is 11.0. The Balaban J connectivity index is 0.00000208. The summed E-state index contributed by atoms with van der Waals surface area (Å²) in [6.45, 7) is -0.370. The van der Waals surface area contributed by atoms with E-state index < -0.39 is 12.0 Å². The highest BCUT2D eigenvalue weighted by Gasteiger charge is 2.42. The lowest BCUT2D eigenvalue weighted by molar-refractivity contribution is 0.0200. The van der Waals surface area contributed by atoms with Crippen LogP contribution in [0.3, 0.4) is 0 Å². The number of hydrogen-bond acceptors (Lipinski definition) is 6. The number of hydrogen-bond donors (Lipinski definition) is 1. The zero-order valence-corrected chi connectivity index (χ0v) is 14.0. The van der Waals surface area contributed by atoms with Gasteiger partial charge in [0.05, 0.1) is 26.8 Å². The lowest BCUT2D eigenvalue weighted by Crippen LogP contribution is -2.19. The van der Waals surface area contributed by atoms with Gasteiger partial charge in [0.25, 0.3) is 5.92 Å². The van der Waals surface area contributed by atoms with Gasteiger partial charge in [-0.15, -0.1) is 12.4 Å². The summed E-state index contributed by atoms with van der Waals surface area (Å²) in [5, 5.41) is 6.55. The summed E-state index contributed by atoms with van der Waals surface area (Å²) >= 11 is 0. The highest BCUT2D eigenvalue weighted by Crippen LogP contribution is 2.33. The van der Waals surface area contributed by atoms with Gasteiger partial charge in [-0.2, -0.15) is 4.98 Å². The molecule has 1 aromatic carbocycles. The molecule has 1 fully saturated rings. The number of rotatable bonds is 5. The predicted molar refractivity (Wildman–Crippen MR) is 84.2 cm³/mol. The number of nitrogens with zero attached hydrogens (tertiary/aromatic N) is 2. The van der Waals surface area contributed by atoms with Crippen LogP contribution in [0.15, 0.2) is 22.7 Å². The molecule has 1 saturated heterocycles. The summed E-state index contributed by atoms with van der Waals surface area (Å²) in [6, 6.07) is 4.86. The molecule has 1 unspecified atom stereocenters. The number of alkyl halides is 2. The molecule has 1 aliphatic heterocycles. The maximum absolute atomic E-state index is 13.2. The van der Waals surface area contributed by atoms with Crippen LogP contribution in [0.4, 0.5) is 8.78 Å². The molecule has 6 nitrogen and oxygen atoms in total. The number of ether oxygens (including phenoxy) is 2. The second kappa shape index (κ2) is 7.31. The van der Waals surface area contributed by atoms with Crippen molar-refractivity contribution >= 4 is 12.4 Å². The van der Waals surface area contributed by atoms with E-state index >= 15 is 0 Å². The Labute approximate surface area is 143 Å². The van der Waals surface area contributed by atoms with Crippen LogP contribution in [0.2, 0.25) is 0 Å².